The Bertz CT molecular complexity index is 1050. The quantitative estimate of drug-likeness (QED) is 0.583. The molecule has 6 nitrogen and oxygen atoms in total. The number of pyridine rings is 1. The summed E-state index contributed by atoms with van der Waals surface area (Å²) in [4.78, 5) is 25.0. The van der Waals surface area contributed by atoms with Crippen LogP contribution < -0.4 is 5.56 Å². The van der Waals surface area contributed by atoms with Gasteiger partial charge in [0.1, 0.15) is 17.4 Å². The van der Waals surface area contributed by atoms with Gasteiger partial charge in [-0.3, -0.25) is 14.9 Å². The van der Waals surface area contributed by atoms with E-state index in [4.69, 9.17) is 0 Å². The van der Waals surface area contributed by atoms with Crippen LogP contribution in [0.15, 0.2) is 59.4 Å². The molecule has 0 spiro atoms. The third-order valence-electron chi connectivity index (χ3n) is 3.69. The van der Waals surface area contributed by atoms with Crippen LogP contribution in [0.2, 0.25) is 0 Å². The van der Waals surface area contributed by atoms with E-state index in [9.17, 15) is 24.6 Å². The van der Waals surface area contributed by atoms with Crippen molar-refractivity contribution in [3.05, 3.63) is 86.4 Å². The van der Waals surface area contributed by atoms with E-state index in [1.807, 2.05) is 6.07 Å². The third-order valence-corrected chi connectivity index (χ3v) is 3.69. The van der Waals surface area contributed by atoms with Crippen LogP contribution >= 0.6 is 0 Å². The predicted molar refractivity (Wildman–Crippen MR) is 89.3 cm³/mol. The van der Waals surface area contributed by atoms with Crippen molar-refractivity contribution in [2.45, 2.75) is 0 Å². The minimum Gasteiger partial charge on any atom is -0.321 e. The Hall–Kier alpha value is -3.79. The van der Waals surface area contributed by atoms with Gasteiger partial charge in [-0.1, -0.05) is 0 Å². The second kappa shape index (κ2) is 6.37. The highest BCUT2D eigenvalue weighted by Crippen LogP contribution is 2.27. The first kappa shape index (κ1) is 16.1. The number of nitriles is 1. The maximum Gasteiger partial charge on any atom is 0.269 e. The van der Waals surface area contributed by atoms with E-state index < -0.39 is 16.3 Å². The predicted octanol–water partition coefficient (Wildman–Crippen LogP) is 3.63. The lowest BCUT2D eigenvalue weighted by Crippen LogP contribution is -2.12. The van der Waals surface area contributed by atoms with Gasteiger partial charge < -0.3 is 4.98 Å². The number of hydrogen-bond donors (Lipinski definition) is 1. The Morgan fingerprint density at radius 1 is 1.04 bits per heavy atom. The van der Waals surface area contributed by atoms with Gasteiger partial charge >= 0.3 is 0 Å². The second-order valence-electron chi connectivity index (χ2n) is 5.22. The normalized spacial score (nSPS) is 10.2. The van der Waals surface area contributed by atoms with E-state index in [1.54, 1.807) is 6.07 Å². The van der Waals surface area contributed by atoms with E-state index >= 15 is 0 Å². The van der Waals surface area contributed by atoms with Crippen molar-refractivity contribution in [2.24, 2.45) is 0 Å². The number of halogens is 1. The molecule has 1 N–H and O–H groups in total. The van der Waals surface area contributed by atoms with Gasteiger partial charge in [-0.15, -0.1) is 0 Å². The molecule has 3 aromatic rings. The highest BCUT2D eigenvalue weighted by Gasteiger charge is 2.14. The number of rotatable bonds is 3. The molecule has 7 heteroatoms. The third kappa shape index (κ3) is 3.14. The molecule has 25 heavy (non-hydrogen) atoms. The van der Waals surface area contributed by atoms with Gasteiger partial charge in [0.2, 0.25) is 0 Å². The molecule has 0 saturated heterocycles. The van der Waals surface area contributed by atoms with Crippen LogP contribution in [0.3, 0.4) is 0 Å². The number of nitrogens with zero attached hydrogens (tertiary/aromatic N) is 2. The van der Waals surface area contributed by atoms with Crippen LogP contribution in [0.4, 0.5) is 10.1 Å². The number of benzene rings is 2. The Kier molecular flexibility index (Phi) is 4.10. The zero-order valence-electron chi connectivity index (χ0n) is 12.7. The summed E-state index contributed by atoms with van der Waals surface area (Å²) in [6.45, 7) is 0. The van der Waals surface area contributed by atoms with Gasteiger partial charge in [-0.05, 0) is 53.6 Å². The van der Waals surface area contributed by atoms with Crippen LogP contribution in [0.25, 0.3) is 22.4 Å². The van der Waals surface area contributed by atoms with Crippen LogP contribution in [0.1, 0.15) is 5.56 Å². The Labute approximate surface area is 141 Å². The molecule has 0 amide bonds. The van der Waals surface area contributed by atoms with E-state index in [0.29, 0.717) is 22.4 Å². The lowest BCUT2D eigenvalue weighted by Gasteiger charge is -2.08. The van der Waals surface area contributed by atoms with Gasteiger partial charge in [0, 0.05) is 23.4 Å². The molecule has 122 valence electrons. The molecule has 3 rings (SSSR count). The summed E-state index contributed by atoms with van der Waals surface area (Å²) in [6.07, 6.45) is 0. The second-order valence-corrected chi connectivity index (χ2v) is 5.22. The molecular weight excluding hydrogens is 325 g/mol. The molecule has 0 unspecified atom stereocenters. The number of nitrogens with one attached hydrogen (secondary N) is 1. The standard InChI is InChI=1S/C18H10FN3O3/c19-13-5-1-12(2-6-13)17-9-15(16(10-20)18(23)21-17)11-3-7-14(8-4-11)22(24)25/h1-9H,(H,21,23). The average molecular weight is 335 g/mol. The highest BCUT2D eigenvalue weighted by molar-refractivity contribution is 5.75. The van der Waals surface area contributed by atoms with Gasteiger partial charge in [0.25, 0.3) is 11.2 Å². The SMILES string of the molecule is N#Cc1c(-c2ccc([N+](=O)[O-])cc2)cc(-c2ccc(F)cc2)[nH]c1=O. The summed E-state index contributed by atoms with van der Waals surface area (Å²) in [5.74, 6) is -0.407. The van der Waals surface area contributed by atoms with E-state index in [-0.39, 0.29) is 11.3 Å². The molecule has 0 radical (unpaired) electrons. The van der Waals surface area contributed by atoms with Gasteiger partial charge in [-0.2, -0.15) is 5.26 Å². The summed E-state index contributed by atoms with van der Waals surface area (Å²) in [6, 6.07) is 14.5. The molecule has 0 fully saturated rings. The smallest absolute Gasteiger partial charge is 0.269 e. The van der Waals surface area contributed by atoms with E-state index in [1.165, 1.54) is 48.5 Å². The van der Waals surface area contributed by atoms with Crippen molar-refractivity contribution < 1.29 is 9.31 Å². The largest absolute Gasteiger partial charge is 0.321 e. The Morgan fingerprint density at radius 2 is 1.64 bits per heavy atom. The lowest BCUT2D eigenvalue weighted by atomic mass is 9.99. The van der Waals surface area contributed by atoms with Crippen LogP contribution in [0, 0.1) is 27.3 Å². The molecule has 0 aliphatic carbocycles. The minimum absolute atomic E-state index is 0.0918. The Morgan fingerprint density at radius 3 is 2.20 bits per heavy atom. The maximum absolute atomic E-state index is 13.1. The first-order valence-corrected chi connectivity index (χ1v) is 7.18. The molecule has 1 aromatic heterocycles. The lowest BCUT2D eigenvalue weighted by molar-refractivity contribution is -0.384. The molecule has 1 heterocycles. The first-order valence-electron chi connectivity index (χ1n) is 7.18. The number of non-ortho nitro benzene ring substituents is 1. The zero-order chi connectivity index (χ0) is 18.0. The van der Waals surface area contributed by atoms with Gasteiger partial charge in [0.05, 0.1) is 4.92 Å². The summed E-state index contributed by atoms with van der Waals surface area (Å²) in [7, 11) is 0. The summed E-state index contributed by atoms with van der Waals surface area (Å²) >= 11 is 0. The highest BCUT2D eigenvalue weighted by atomic mass is 19.1. The van der Waals surface area contributed by atoms with Gasteiger partial charge in [-0.25, -0.2) is 4.39 Å². The van der Waals surface area contributed by atoms with Crippen molar-refractivity contribution in [3.8, 4) is 28.5 Å². The number of nitro benzene ring substituents is 1. The average Bonchev–Trinajstić information content (AvgIpc) is 2.61. The first-order chi connectivity index (χ1) is 12.0. The van der Waals surface area contributed by atoms with Crippen LogP contribution in [0.5, 0.6) is 0 Å². The topological polar surface area (TPSA) is 99.8 Å². The van der Waals surface area contributed by atoms with Crippen molar-refractivity contribution in [3.63, 3.8) is 0 Å². The summed E-state index contributed by atoms with van der Waals surface area (Å²) in [5, 5.41) is 20.0. The molecule has 2 aromatic carbocycles. The number of hydrogen-bond acceptors (Lipinski definition) is 4. The fraction of sp³-hybridized carbons (Fsp3) is 0. The van der Waals surface area contributed by atoms with Crippen LogP contribution in [-0.4, -0.2) is 9.91 Å². The monoisotopic (exact) mass is 335 g/mol. The van der Waals surface area contributed by atoms with Crippen molar-refractivity contribution in [1.29, 1.82) is 5.26 Å². The minimum atomic E-state index is -0.585. The maximum atomic E-state index is 13.1. The molecular formula is C18H10FN3O3. The van der Waals surface area contributed by atoms with E-state index in [0.717, 1.165) is 0 Å². The fourth-order valence-corrected chi connectivity index (χ4v) is 2.45. The Balaban J connectivity index is 2.18. The van der Waals surface area contributed by atoms with Crippen molar-refractivity contribution in [2.75, 3.05) is 0 Å². The van der Waals surface area contributed by atoms with E-state index in [2.05, 4.69) is 4.98 Å². The van der Waals surface area contributed by atoms with Crippen molar-refractivity contribution in [1.82, 2.24) is 4.98 Å². The number of nitro groups is 1. The number of aromatic nitrogens is 1. The number of aromatic amines is 1. The summed E-state index contributed by atoms with van der Waals surface area (Å²) in [5.41, 5.74) is 1.06. The molecule has 0 atom stereocenters. The van der Waals surface area contributed by atoms with Gasteiger partial charge in [0.15, 0.2) is 0 Å². The molecule has 0 aliphatic heterocycles. The summed E-state index contributed by atoms with van der Waals surface area (Å²) < 4.78 is 13.1. The molecule has 0 bridgehead atoms. The number of H-pyrrole nitrogens is 1. The fourth-order valence-electron chi connectivity index (χ4n) is 2.45. The zero-order valence-corrected chi connectivity index (χ0v) is 12.7. The van der Waals surface area contributed by atoms with Crippen LogP contribution in [-0.2, 0) is 0 Å². The molecule has 0 saturated carbocycles. The van der Waals surface area contributed by atoms with Crippen molar-refractivity contribution >= 4 is 5.69 Å². The molecule has 0 aliphatic rings.